The molecule has 22 heavy (non-hydrogen) atoms. The zero-order valence-electron chi connectivity index (χ0n) is 11.2. The van der Waals surface area contributed by atoms with Gasteiger partial charge in [0.15, 0.2) is 5.15 Å². The fraction of sp³-hybridized carbons (Fsp3) is 0. The van der Waals surface area contributed by atoms with E-state index in [1.165, 1.54) is 0 Å². The molecule has 2 aromatic heterocycles. The van der Waals surface area contributed by atoms with Gasteiger partial charge in [0.1, 0.15) is 5.65 Å². The SMILES string of the molecule is O=C1Nc2cc(Cl)ccc2C1=Cc1c(Cl)nc2ccccn12. The van der Waals surface area contributed by atoms with Crippen LogP contribution in [0.4, 0.5) is 5.69 Å². The van der Waals surface area contributed by atoms with Gasteiger partial charge in [-0.1, -0.05) is 35.3 Å². The van der Waals surface area contributed by atoms with Crippen LogP contribution in [0.25, 0.3) is 17.3 Å². The molecule has 0 unspecified atom stereocenters. The summed E-state index contributed by atoms with van der Waals surface area (Å²) in [5, 5.41) is 3.74. The molecule has 0 atom stereocenters. The van der Waals surface area contributed by atoms with E-state index in [0.29, 0.717) is 27.1 Å². The van der Waals surface area contributed by atoms with E-state index in [-0.39, 0.29) is 5.91 Å². The number of pyridine rings is 1. The second-order valence-corrected chi connectivity index (χ2v) is 5.71. The minimum atomic E-state index is -0.181. The average Bonchev–Trinajstić information content (AvgIpc) is 2.97. The Hall–Kier alpha value is -2.30. The van der Waals surface area contributed by atoms with Crippen molar-refractivity contribution in [3.63, 3.8) is 0 Å². The predicted octanol–water partition coefficient (Wildman–Crippen LogP) is 4.13. The van der Waals surface area contributed by atoms with E-state index in [1.54, 1.807) is 18.2 Å². The molecule has 0 aliphatic carbocycles. The van der Waals surface area contributed by atoms with Crippen molar-refractivity contribution in [2.24, 2.45) is 0 Å². The number of nitrogens with zero attached hydrogens (tertiary/aromatic N) is 2. The lowest BCUT2D eigenvalue weighted by Crippen LogP contribution is -2.03. The lowest BCUT2D eigenvalue weighted by Gasteiger charge is -2.00. The van der Waals surface area contributed by atoms with Crippen molar-refractivity contribution < 1.29 is 4.79 Å². The molecular formula is C16H9Cl2N3O. The van der Waals surface area contributed by atoms with E-state index >= 15 is 0 Å². The van der Waals surface area contributed by atoms with Crippen molar-refractivity contribution in [2.75, 3.05) is 5.32 Å². The number of carbonyl (C=O) groups excluding carboxylic acids is 1. The Morgan fingerprint density at radius 1 is 1.18 bits per heavy atom. The summed E-state index contributed by atoms with van der Waals surface area (Å²) in [7, 11) is 0. The summed E-state index contributed by atoms with van der Waals surface area (Å²) in [5.74, 6) is -0.181. The van der Waals surface area contributed by atoms with Crippen molar-refractivity contribution in [2.45, 2.75) is 0 Å². The third kappa shape index (κ3) is 2.00. The number of fused-ring (bicyclic) bond motifs is 2. The molecule has 4 rings (SSSR count). The maximum atomic E-state index is 12.2. The zero-order valence-corrected chi connectivity index (χ0v) is 12.7. The number of anilines is 1. The number of halogens is 2. The minimum Gasteiger partial charge on any atom is -0.321 e. The molecule has 108 valence electrons. The van der Waals surface area contributed by atoms with Crippen LogP contribution in [0, 0.1) is 0 Å². The number of rotatable bonds is 1. The highest BCUT2D eigenvalue weighted by Gasteiger charge is 2.25. The smallest absolute Gasteiger partial charge is 0.256 e. The number of carbonyl (C=O) groups is 1. The van der Waals surface area contributed by atoms with Gasteiger partial charge in [0.25, 0.3) is 5.91 Å². The van der Waals surface area contributed by atoms with Gasteiger partial charge >= 0.3 is 0 Å². The number of imidazole rings is 1. The molecule has 1 amide bonds. The van der Waals surface area contributed by atoms with Crippen LogP contribution in [0.15, 0.2) is 42.6 Å². The molecule has 0 saturated heterocycles. The maximum absolute atomic E-state index is 12.2. The fourth-order valence-electron chi connectivity index (χ4n) is 2.56. The first kappa shape index (κ1) is 13.4. The van der Waals surface area contributed by atoms with Gasteiger partial charge < -0.3 is 5.32 Å². The van der Waals surface area contributed by atoms with Crippen molar-refractivity contribution in [1.82, 2.24) is 9.38 Å². The number of nitrogens with one attached hydrogen (secondary N) is 1. The van der Waals surface area contributed by atoms with Gasteiger partial charge in [0, 0.05) is 16.8 Å². The van der Waals surface area contributed by atoms with Gasteiger partial charge in [-0.05, 0) is 30.3 Å². The molecule has 1 aromatic carbocycles. The van der Waals surface area contributed by atoms with E-state index < -0.39 is 0 Å². The number of aromatic nitrogens is 2. The summed E-state index contributed by atoms with van der Waals surface area (Å²) in [6.07, 6.45) is 3.60. The molecule has 0 saturated carbocycles. The number of benzene rings is 1. The van der Waals surface area contributed by atoms with Crippen LogP contribution in [0.1, 0.15) is 11.3 Å². The second-order valence-electron chi connectivity index (χ2n) is 4.92. The number of hydrogen-bond acceptors (Lipinski definition) is 2. The van der Waals surface area contributed by atoms with E-state index in [0.717, 1.165) is 11.2 Å². The standard InChI is InChI=1S/C16H9Cl2N3O/c17-9-4-5-10-11(16(22)19-12(10)7-9)8-13-15(18)20-14-3-1-2-6-21(13)14/h1-8H,(H,19,22). The quantitative estimate of drug-likeness (QED) is 0.682. The van der Waals surface area contributed by atoms with Crippen LogP contribution >= 0.6 is 23.2 Å². The first-order valence-corrected chi connectivity index (χ1v) is 7.34. The first-order valence-electron chi connectivity index (χ1n) is 6.59. The molecule has 4 nitrogen and oxygen atoms in total. The third-order valence-electron chi connectivity index (χ3n) is 3.57. The summed E-state index contributed by atoms with van der Waals surface area (Å²) in [4.78, 5) is 16.5. The number of hydrogen-bond donors (Lipinski definition) is 1. The molecule has 1 aliphatic heterocycles. The summed E-state index contributed by atoms with van der Waals surface area (Å²) >= 11 is 12.2. The van der Waals surface area contributed by atoms with Crippen LogP contribution in [0.3, 0.4) is 0 Å². The summed E-state index contributed by atoms with van der Waals surface area (Å²) < 4.78 is 1.84. The van der Waals surface area contributed by atoms with Gasteiger partial charge in [-0.2, -0.15) is 0 Å². The van der Waals surface area contributed by atoms with Crippen molar-refractivity contribution in [3.8, 4) is 0 Å². The second kappa shape index (κ2) is 4.87. The van der Waals surface area contributed by atoms with E-state index in [4.69, 9.17) is 23.2 Å². The Morgan fingerprint density at radius 3 is 2.91 bits per heavy atom. The predicted molar refractivity (Wildman–Crippen MR) is 88.2 cm³/mol. The summed E-state index contributed by atoms with van der Waals surface area (Å²) in [6.45, 7) is 0. The van der Waals surface area contributed by atoms with Crippen LogP contribution in [-0.4, -0.2) is 15.3 Å². The Labute approximate surface area is 136 Å². The van der Waals surface area contributed by atoms with Gasteiger partial charge in [-0.25, -0.2) is 4.98 Å². The average molecular weight is 330 g/mol. The lowest BCUT2D eigenvalue weighted by molar-refractivity contribution is -0.110. The van der Waals surface area contributed by atoms with Crippen LogP contribution in [0.2, 0.25) is 10.2 Å². The van der Waals surface area contributed by atoms with E-state index in [2.05, 4.69) is 10.3 Å². The molecule has 6 heteroatoms. The molecule has 0 bridgehead atoms. The molecule has 0 spiro atoms. The summed E-state index contributed by atoms with van der Waals surface area (Å²) in [6, 6.07) is 10.9. The highest BCUT2D eigenvalue weighted by atomic mass is 35.5. The van der Waals surface area contributed by atoms with Gasteiger partial charge in [-0.3, -0.25) is 9.20 Å². The Kier molecular flexibility index (Phi) is 2.96. The summed E-state index contributed by atoms with van der Waals surface area (Å²) in [5.41, 5.74) is 3.45. The molecule has 1 aliphatic rings. The zero-order chi connectivity index (χ0) is 15.3. The van der Waals surface area contributed by atoms with Crippen molar-refractivity contribution >= 4 is 52.1 Å². The highest BCUT2D eigenvalue weighted by Crippen LogP contribution is 2.35. The van der Waals surface area contributed by atoms with Crippen molar-refractivity contribution in [1.29, 1.82) is 0 Å². The van der Waals surface area contributed by atoms with Crippen LogP contribution in [0.5, 0.6) is 0 Å². The van der Waals surface area contributed by atoms with E-state index in [1.807, 2.05) is 34.9 Å². The monoisotopic (exact) mass is 329 g/mol. The lowest BCUT2D eigenvalue weighted by atomic mass is 10.1. The van der Waals surface area contributed by atoms with Crippen LogP contribution < -0.4 is 5.32 Å². The molecule has 3 aromatic rings. The third-order valence-corrected chi connectivity index (χ3v) is 4.08. The maximum Gasteiger partial charge on any atom is 0.256 e. The van der Waals surface area contributed by atoms with Crippen molar-refractivity contribution in [3.05, 3.63) is 64.0 Å². The van der Waals surface area contributed by atoms with Gasteiger partial charge in [0.2, 0.25) is 0 Å². The molecule has 0 fully saturated rings. The minimum absolute atomic E-state index is 0.181. The topological polar surface area (TPSA) is 46.4 Å². The molecule has 1 N–H and O–H groups in total. The van der Waals surface area contributed by atoms with Crippen LogP contribution in [-0.2, 0) is 4.79 Å². The Bertz CT molecular complexity index is 959. The highest BCUT2D eigenvalue weighted by molar-refractivity contribution is 6.37. The fourth-order valence-corrected chi connectivity index (χ4v) is 2.97. The van der Waals surface area contributed by atoms with Gasteiger partial charge in [-0.15, -0.1) is 0 Å². The first-order chi connectivity index (χ1) is 10.6. The van der Waals surface area contributed by atoms with E-state index in [9.17, 15) is 4.79 Å². The number of amides is 1. The molecule has 0 radical (unpaired) electrons. The Morgan fingerprint density at radius 2 is 2.05 bits per heavy atom. The Balaban J connectivity index is 1.93. The molecule has 3 heterocycles. The van der Waals surface area contributed by atoms with Gasteiger partial charge in [0.05, 0.1) is 17.0 Å². The normalized spacial score (nSPS) is 15.4. The largest absolute Gasteiger partial charge is 0.321 e. The molecular weight excluding hydrogens is 321 g/mol.